The van der Waals surface area contributed by atoms with Crippen LogP contribution >= 0.6 is 34.5 Å². The number of methoxy groups -OCH3 is 1. The molecule has 1 aromatic heterocycles. The minimum Gasteiger partial charge on any atom is -0.495 e. The summed E-state index contributed by atoms with van der Waals surface area (Å²) in [6, 6.07) is 7.70. The third kappa shape index (κ3) is 3.67. The Hall–Kier alpha value is -1.74. The predicted molar refractivity (Wildman–Crippen MR) is 110 cm³/mol. The number of hydrogen-bond acceptors (Lipinski definition) is 5. The van der Waals surface area contributed by atoms with Crippen LogP contribution in [0, 0.1) is 0 Å². The maximum atomic E-state index is 12.7. The molecule has 0 aliphatic rings. The summed E-state index contributed by atoms with van der Waals surface area (Å²) < 4.78 is 35.3. The molecule has 0 saturated carbocycles. The van der Waals surface area contributed by atoms with Crippen molar-refractivity contribution < 1.29 is 13.2 Å². The van der Waals surface area contributed by atoms with Gasteiger partial charge in [0, 0.05) is 6.04 Å². The molecule has 0 amide bonds. The second-order valence-corrected chi connectivity index (χ2v) is 9.41. The number of anilines is 1. The third-order valence-corrected chi connectivity index (χ3v) is 7.22. The van der Waals surface area contributed by atoms with Crippen LogP contribution < -0.4 is 14.3 Å². The van der Waals surface area contributed by atoms with E-state index in [0.29, 0.717) is 10.4 Å². The summed E-state index contributed by atoms with van der Waals surface area (Å²) in [6.45, 7) is 3.83. The molecule has 0 spiro atoms. The topological polar surface area (TPSA) is 77.4 Å². The largest absolute Gasteiger partial charge is 0.495 e. The summed E-state index contributed by atoms with van der Waals surface area (Å²) in [6.07, 6.45) is 0. The van der Waals surface area contributed by atoms with Gasteiger partial charge in [-0.3, -0.25) is 14.1 Å². The van der Waals surface area contributed by atoms with Crippen molar-refractivity contribution in [2.45, 2.75) is 24.8 Å². The first-order valence-electron chi connectivity index (χ1n) is 7.85. The highest BCUT2D eigenvalue weighted by Crippen LogP contribution is 2.37. The van der Waals surface area contributed by atoms with Gasteiger partial charge in [0.25, 0.3) is 10.0 Å². The highest BCUT2D eigenvalue weighted by molar-refractivity contribution is 7.92. The Balaban J connectivity index is 2.02. The average Bonchev–Trinajstić information content (AvgIpc) is 2.91. The Labute approximate surface area is 170 Å². The smallest absolute Gasteiger partial charge is 0.308 e. The zero-order valence-corrected chi connectivity index (χ0v) is 17.8. The van der Waals surface area contributed by atoms with E-state index in [2.05, 4.69) is 4.72 Å². The molecule has 0 aliphatic heterocycles. The number of fused-ring (bicyclic) bond motifs is 1. The second-order valence-electron chi connectivity index (χ2n) is 6.01. The van der Waals surface area contributed by atoms with Crippen molar-refractivity contribution in [1.82, 2.24) is 4.57 Å². The van der Waals surface area contributed by atoms with E-state index in [-0.39, 0.29) is 31.6 Å². The lowest BCUT2D eigenvalue weighted by atomic mass is 10.3. The van der Waals surface area contributed by atoms with Gasteiger partial charge in [0.1, 0.15) is 15.7 Å². The second kappa shape index (κ2) is 7.35. The standard InChI is InChI=1S/C17H16Cl2N2O4S2/c1-9(2)21-11-5-4-10(8-13(11)26-17(21)22)20-27(23,24)14-7-6-12(25-3)15(18)16(14)19/h4-9,20H,1-3H3. The van der Waals surface area contributed by atoms with Gasteiger partial charge < -0.3 is 4.74 Å². The van der Waals surface area contributed by atoms with Crippen LogP contribution in [0.1, 0.15) is 19.9 Å². The molecule has 0 fully saturated rings. The average molecular weight is 447 g/mol. The van der Waals surface area contributed by atoms with Crippen LogP contribution in [0.3, 0.4) is 0 Å². The molecule has 0 aliphatic carbocycles. The summed E-state index contributed by atoms with van der Waals surface area (Å²) in [7, 11) is -2.57. The van der Waals surface area contributed by atoms with Gasteiger partial charge in [0.05, 0.1) is 28.0 Å². The van der Waals surface area contributed by atoms with Crippen LogP contribution in [0.2, 0.25) is 10.0 Å². The lowest BCUT2D eigenvalue weighted by molar-refractivity contribution is 0.414. The number of benzene rings is 2. The molecule has 6 nitrogen and oxygen atoms in total. The van der Waals surface area contributed by atoms with Crippen LogP contribution in [-0.2, 0) is 10.0 Å². The Morgan fingerprint density at radius 2 is 1.85 bits per heavy atom. The van der Waals surface area contributed by atoms with Gasteiger partial charge in [-0.25, -0.2) is 8.42 Å². The monoisotopic (exact) mass is 446 g/mol. The molecule has 27 heavy (non-hydrogen) atoms. The molecule has 1 heterocycles. The fourth-order valence-corrected chi connectivity index (χ4v) is 5.62. The Morgan fingerprint density at radius 3 is 2.48 bits per heavy atom. The van der Waals surface area contributed by atoms with Crippen molar-refractivity contribution in [2.24, 2.45) is 0 Å². The Morgan fingerprint density at radius 1 is 1.15 bits per heavy atom. The molecule has 3 aromatic rings. The molecule has 0 atom stereocenters. The predicted octanol–water partition coefficient (Wildman–Crippen LogP) is 4.76. The summed E-state index contributed by atoms with van der Waals surface area (Å²) in [5, 5.41) is -0.107. The molecular weight excluding hydrogens is 431 g/mol. The van der Waals surface area contributed by atoms with Crippen molar-refractivity contribution in [3.63, 3.8) is 0 Å². The van der Waals surface area contributed by atoms with E-state index in [9.17, 15) is 13.2 Å². The molecule has 0 saturated heterocycles. The number of nitrogens with zero attached hydrogens (tertiary/aromatic N) is 1. The van der Waals surface area contributed by atoms with Crippen molar-refractivity contribution in [3.8, 4) is 5.75 Å². The normalized spacial score (nSPS) is 11.9. The maximum absolute atomic E-state index is 12.7. The highest BCUT2D eigenvalue weighted by atomic mass is 35.5. The van der Waals surface area contributed by atoms with Gasteiger partial charge in [-0.05, 0) is 44.2 Å². The van der Waals surface area contributed by atoms with E-state index >= 15 is 0 Å². The zero-order chi connectivity index (χ0) is 19.9. The molecule has 0 radical (unpaired) electrons. The number of rotatable bonds is 5. The number of thiazole rings is 1. The third-order valence-electron chi connectivity index (χ3n) is 3.90. The van der Waals surface area contributed by atoms with E-state index in [4.69, 9.17) is 27.9 Å². The Bertz CT molecular complexity index is 1180. The molecule has 2 aromatic carbocycles. The Kier molecular flexibility index (Phi) is 5.45. The molecule has 0 bridgehead atoms. The fraction of sp³-hybridized carbons (Fsp3) is 0.235. The first kappa shape index (κ1) is 20.0. The van der Waals surface area contributed by atoms with E-state index in [1.807, 2.05) is 13.8 Å². The van der Waals surface area contributed by atoms with Crippen molar-refractivity contribution >= 4 is 60.5 Å². The summed E-state index contributed by atoms with van der Waals surface area (Å²) in [4.78, 5) is 11.9. The van der Waals surface area contributed by atoms with Crippen molar-refractivity contribution in [2.75, 3.05) is 11.8 Å². The van der Waals surface area contributed by atoms with E-state index in [1.165, 1.54) is 19.2 Å². The van der Waals surface area contributed by atoms with Crippen molar-refractivity contribution in [1.29, 1.82) is 0 Å². The minimum atomic E-state index is -3.98. The first-order chi connectivity index (χ1) is 12.7. The van der Waals surface area contributed by atoms with Crippen LogP contribution in [0.5, 0.6) is 5.75 Å². The van der Waals surface area contributed by atoms with E-state index in [1.54, 1.807) is 22.8 Å². The van der Waals surface area contributed by atoms with Gasteiger partial charge in [-0.2, -0.15) is 0 Å². The first-order valence-corrected chi connectivity index (χ1v) is 10.9. The fourth-order valence-electron chi connectivity index (χ4n) is 2.68. The van der Waals surface area contributed by atoms with Gasteiger partial charge in [-0.15, -0.1) is 0 Å². The summed E-state index contributed by atoms with van der Waals surface area (Å²) >= 11 is 13.2. The number of halogens is 2. The SMILES string of the molecule is COc1ccc(S(=O)(=O)Nc2ccc3c(c2)sc(=O)n3C(C)C)c(Cl)c1Cl. The molecule has 1 N–H and O–H groups in total. The van der Waals surface area contributed by atoms with Crippen LogP contribution in [-0.4, -0.2) is 20.1 Å². The highest BCUT2D eigenvalue weighted by Gasteiger charge is 2.22. The zero-order valence-electron chi connectivity index (χ0n) is 14.6. The lowest BCUT2D eigenvalue weighted by Gasteiger charge is -2.12. The van der Waals surface area contributed by atoms with Gasteiger partial charge in [0.15, 0.2) is 0 Å². The number of ether oxygens (including phenoxy) is 1. The lowest BCUT2D eigenvalue weighted by Crippen LogP contribution is -2.15. The van der Waals surface area contributed by atoms with Crippen LogP contribution in [0.4, 0.5) is 5.69 Å². The van der Waals surface area contributed by atoms with Gasteiger partial charge >= 0.3 is 4.87 Å². The molecule has 3 rings (SSSR count). The quantitative estimate of drug-likeness (QED) is 0.612. The van der Waals surface area contributed by atoms with Gasteiger partial charge in [0.2, 0.25) is 0 Å². The van der Waals surface area contributed by atoms with Crippen molar-refractivity contribution in [3.05, 3.63) is 50.0 Å². The number of nitrogens with one attached hydrogen (secondary N) is 1. The van der Waals surface area contributed by atoms with Crippen LogP contribution in [0.25, 0.3) is 10.2 Å². The van der Waals surface area contributed by atoms with Gasteiger partial charge in [-0.1, -0.05) is 34.5 Å². The molecule has 144 valence electrons. The number of hydrogen-bond donors (Lipinski definition) is 1. The molecule has 0 unspecified atom stereocenters. The molecule has 10 heteroatoms. The maximum Gasteiger partial charge on any atom is 0.308 e. The molecular formula is C17H16Cl2N2O4S2. The van der Waals surface area contributed by atoms with E-state index < -0.39 is 10.0 Å². The number of sulfonamides is 1. The summed E-state index contributed by atoms with van der Waals surface area (Å²) in [5.74, 6) is 0.279. The summed E-state index contributed by atoms with van der Waals surface area (Å²) in [5.41, 5.74) is 1.08. The number of aromatic nitrogens is 1. The minimum absolute atomic E-state index is 0.00837. The van der Waals surface area contributed by atoms with Crippen LogP contribution in [0.15, 0.2) is 40.0 Å². The van der Waals surface area contributed by atoms with E-state index in [0.717, 1.165) is 16.9 Å².